The molecule has 0 unspecified atom stereocenters. The average molecular weight is 317 g/mol. The van der Waals surface area contributed by atoms with Crippen molar-refractivity contribution in [3.05, 3.63) is 32.6 Å². The van der Waals surface area contributed by atoms with Gasteiger partial charge in [-0.05, 0) is 13.1 Å². The van der Waals surface area contributed by atoms with Gasteiger partial charge >= 0.3 is 0 Å². The summed E-state index contributed by atoms with van der Waals surface area (Å²) in [5.74, 6) is 0.570. The van der Waals surface area contributed by atoms with Crippen LogP contribution in [0.15, 0.2) is 17.5 Å². The van der Waals surface area contributed by atoms with Gasteiger partial charge in [-0.25, -0.2) is 4.98 Å². The van der Waals surface area contributed by atoms with E-state index < -0.39 is 0 Å². The van der Waals surface area contributed by atoms with Crippen LogP contribution >= 0.6 is 34.5 Å². The Labute approximate surface area is 126 Å². The number of methoxy groups -OCH3 is 1. The maximum Gasteiger partial charge on any atom is 0.138 e. The summed E-state index contributed by atoms with van der Waals surface area (Å²) < 4.78 is 5.13. The normalized spacial score (nSPS) is 10.7. The molecular formula is C13H14Cl2N2OS. The van der Waals surface area contributed by atoms with Crippen LogP contribution in [-0.4, -0.2) is 25.7 Å². The number of aromatic nitrogens is 1. The van der Waals surface area contributed by atoms with E-state index in [-0.39, 0.29) is 0 Å². The maximum absolute atomic E-state index is 6.24. The summed E-state index contributed by atoms with van der Waals surface area (Å²) in [4.78, 5) is 4.57. The van der Waals surface area contributed by atoms with Crippen LogP contribution in [0.5, 0.6) is 5.75 Å². The first-order valence-electron chi connectivity index (χ1n) is 5.78. The topological polar surface area (TPSA) is 34.2 Å². The van der Waals surface area contributed by atoms with Crippen molar-refractivity contribution < 1.29 is 4.74 Å². The first kappa shape index (κ1) is 14.6. The van der Waals surface area contributed by atoms with Gasteiger partial charge in [0.05, 0.1) is 27.9 Å². The molecule has 0 radical (unpaired) electrons. The molecule has 0 amide bonds. The Morgan fingerprint density at radius 2 is 2.11 bits per heavy atom. The quantitative estimate of drug-likeness (QED) is 0.908. The Morgan fingerprint density at radius 1 is 1.32 bits per heavy atom. The van der Waals surface area contributed by atoms with E-state index in [2.05, 4.69) is 10.3 Å². The molecule has 0 atom stereocenters. The van der Waals surface area contributed by atoms with E-state index in [0.717, 1.165) is 29.2 Å². The highest BCUT2D eigenvalue weighted by Gasteiger charge is 2.12. The largest absolute Gasteiger partial charge is 0.495 e. The Kier molecular flexibility index (Phi) is 5.05. The Bertz CT molecular complexity index is 572. The fourth-order valence-electron chi connectivity index (χ4n) is 1.66. The van der Waals surface area contributed by atoms with Gasteiger partial charge in [-0.1, -0.05) is 23.2 Å². The lowest BCUT2D eigenvalue weighted by molar-refractivity contribution is 0.415. The number of ether oxygens (including phenoxy) is 1. The molecule has 0 bridgehead atoms. The summed E-state index contributed by atoms with van der Waals surface area (Å²) in [5.41, 5.74) is 1.69. The summed E-state index contributed by atoms with van der Waals surface area (Å²) >= 11 is 14.0. The van der Waals surface area contributed by atoms with Crippen molar-refractivity contribution in [3.8, 4) is 17.0 Å². The zero-order valence-electron chi connectivity index (χ0n) is 10.7. The van der Waals surface area contributed by atoms with Gasteiger partial charge in [-0.15, -0.1) is 11.3 Å². The van der Waals surface area contributed by atoms with E-state index >= 15 is 0 Å². The van der Waals surface area contributed by atoms with Gasteiger partial charge in [-0.2, -0.15) is 0 Å². The first-order valence-corrected chi connectivity index (χ1v) is 7.41. The van der Waals surface area contributed by atoms with Crippen molar-refractivity contribution in [2.75, 3.05) is 20.7 Å². The number of nitrogens with one attached hydrogen (secondary N) is 1. The van der Waals surface area contributed by atoms with Gasteiger partial charge in [0.1, 0.15) is 5.75 Å². The minimum absolute atomic E-state index is 0.534. The van der Waals surface area contributed by atoms with Crippen LogP contribution in [0, 0.1) is 0 Å². The molecule has 1 aromatic heterocycles. The second kappa shape index (κ2) is 6.57. The second-order valence-corrected chi connectivity index (χ2v) is 5.70. The molecule has 19 heavy (non-hydrogen) atoms. The van der Waals surface area contributed by atoms with Crippen LogP contribution in [0.3, 0.4) is 0 Å². The van der Waals surface area contributed by atoms with E-state index in [1.807, 2.05) is 12.4 Å². The van der Waals surface area contributed by atoms with Crippen molar-refractivity contribution in [3.63, 3.8) is 0 Å². The van der Waals surface area contributed by atoms with Crippen LogP contribution in [0.25, 0.3) is 11.3 Å². The number of hydrogen-bond acceptors (Lipinski definition) is 4. The lowest BCUT2D eigenvalue weighted by Gasteiger charge is -2.07. The minimum Gasteiger partial charge on any atom is -0.495 e. The summed E-state index contributed by atoms with van der Waals surface area (Å²) in [7, 11) is 3.49. The van der Waals surface area contributed by atoms with Crippen molar-refractivity contribution in [2.45, 2.75) is 6.42 Å². The third kappa shape index (κ3) is 3.39. The number of nitrogens with zero attached hydrogens (tertiary/aromatic N) is 1. The molecule has 1 aromatic carbocycles. The highest BCUT2D eigenvalue weighted by atomic mass is 35.5. The number of hydrogen-bond donors (Lipinski definition) is 1. The molecule has 0 aliphatic rings. The van der Waals surface area contributed by atoms with Crippen LogP contribution in [0.2, 0.25) is 10.0 Å². The molecule has 0 saturated heterocycles. The molecule has 1 heterocycles. The predicted octanol–water partition coefficient (Wildman–Crippen LogP) is 3.89. The zero-order valence-corrected chi connectivity index (χ0v) is 13.0. The molecule has 3 nitrogen and oxygen atoms in total. The summed E-state index contributed by atoms with van der Waals surface area (Å²) in [6.45, 7) is 0.907. The molecule has 0 aliphatic carbocycles. The summed E-state index contributed by atoms with van der Waals surface area (Å²) in [6, 6.07) is 3.51. The maximum atomic E-state index is 6.24. The molecule has 0 saturated carbocycles. The van der Waals surface area contributed by atoms with Gasteiger partial charge in [0, 0.05) is 30.0 Å². The third-order valence-corrected chi connectivity index (χ3v) is 4.17. The standard InChI is InChI=1S/C13H14Cl2N2OS/c1-16-4-3-13-17-11(7-19-13)8-5-10(15)12(18-2)6-9(8)14/h5-7,16H,3-4H2,1-2H3. The molecular weight excluding hydrogens is 303 g/mol. The number of halogens is 2. The SMILES string of the molecule is CNCCc1nc(-c2cc(Cl)c(OC)cc2Cl)cs1. The number of rotatable bonds is 5. The predicted molar refractivity (Wildman–Crippen MR) is 81.8 cm³/mol. The van der Waals surface area contributed by atoms with Crippen LogP contribution in [0.4, 0.5) is 0 Å². The van der Waals surface area contributed by atoms with E-state index in [0.29, 0.717) is 15.8 Å². The molecule has 1 N–H and O–H groups in total. The fourth-order valence-corrected chi connectivity index (χ4v) is 2.95. The number of thiazole rings is 1. The fraction of sp³-hybridized carbons (Fsp3) is 0.308. The van der Waals surface area contributed by atoms with Crippen LogP contribution in [0.1, 0.15) is 5.01 Å². The average Bonchev–Trinajstić information content (AvgIpc) is 2.87. The van der Waals surface area contributed by atoms with E-state index in [1.54, 1.807) is 30.6 Å². The Hall–Kier alpha value is -0.810. The van der Waals surface area contributed by atoms with Crippen molar-refractivity contribution in [1.29, 1.82) is 0 Å². The van der Waals surface area contributed by atoms with Gasteiger partial charge in [0.2, 0.25) is 0 Å². The summed E-state index contributed by atoms with van der Waals surface area (Å²) in [5, 5.41) is 7.30. The highest BCUT2D eigenvalue weighted by molar-refractivity contribution is 7.10. The van der Waals surface area contributed by atoms with E-state index in [9.17, 15) is 0 Å². The minimum atomic E-state index is 0.534. The molecule has 0 aliphatic heterocycles. The summed E-state index contributed by atoms with van der Waals surface area (Å²) in [6.07, 6.45) is 0.905. The van der Waals surface area contributed by atoms with Gasteiger partial charge in [0.25, 0.3) is 0 Å². The zero-order chi connectivity index (χ0) is 13.8. The molecule has 6 heteroatoms. The Balaban J connectivity index is 2.31. The molecule has 102 valence electrons. The monoisotopic (exact) mass is 316 g/mol. The van der Waals surface area contributed by atoms with Crippen molar-refractivity contribution >= 4 is 34.5 Å². The first-order chi connectivity index (χ1) is 9.15. The van der Waals surface area contributed by atoms with Crippen molar-refractivity contribution in [1.82, 2.24) is 10.3 Å². The highest BCUT2D eigenvalue weighted by Crippen LogP contribution is 2.36. The smallest absolute Gasteiger partial charge is 0.138 e. The number of benzene rings is 1. The second-order valence-electron chi connectivity index (χ2n) is 3.95. The van der Waals surface area contributed by atoms with Crippen molar-refractivity contribution in [2.24, 2.45) is 0 Å². The van der Waals surface area contributed by atoms with Gasteiger partial charge in [0.15, 0.2) is 0 Å². The van der Waals surface area contributed by atoms with Gasteiger partial charge < -0.3 is 10.1 Å². The van der Waals surface area contributed by atoms with Crippen LogP contribution in [-0.2, 0) is 6.42 Å². The van der Waals surface area contributed by atoms with Gasteiger partial charge in [-0.3, -0.25) is 0 Å². The number of likely N-dealkylation sites (N-methyl/N-ethyl adjacent to an activating group) is 1. The van der Waals surface area contributed by atoms with E-state index in [4.69, 9.17) is 27.9 Å². The molecule has 0 spiro atoms. The van der Waals surface area contributed by atoms with E-state index in [1.165, 1.54) is 0 Å². The van der Waals surface area contributed by atoms with Crippen LogP contribution < -0.4 is 10.1 Å². The molecule has 2 rings (SSSR count). The lowest BCUT2D eigenvalue weighted by atomic mass is 10.1. The Morgan fingerprint density at radius 3 is 2.79 bits per heavy atom. The third-order valence-electron chi connectivity index (χ3n) is 2.66. The lowest BCUT2D eigenvalue weighted by Crippen LogP contribution is -2.09. The molecule has 0 fully saturated rings. The molecule has 2 aromatic rings.